The molecule has 1 aliphatic heterocycles. The minimum Gasteiger partial charge on any atom is -0.493 e. The molecule has 1 aromatic carbocycles. The number of hydrogen-bond acceptors (Lipinski definition) is 8. The average Bonchev–Trinajstić information content (AvgIpc) is 3.34. The van der Waals surface area contributed by atoms with E-state index in [1.807, 2.05) is 48.2 Å². The number of anilines is 1. The number of nitrogens with zero attached hydrogens (tertiary/aromatic N) is 4. The van der Waals surface area contributed by atoms with Crippen molar-refractivity contribution in [3.05, 3.63) is 48.3 Å². The minimum absolute atomic E-state index is 0.0345. The van der Waals surface area contributed by atoms with Gasteiger partial charge in [-0.05, 0) is 50.1 Å². The molecule has 0 spiro atoms. The molecule has 2 aromatic heterocycles. The maximum Gasteiger partial charge on any atom is 0.324 e. The summed E-state index contributed by atoms with van der Waals surface area (Å²) in [4.78, 5) is 23.3. The van der Waals surface area contributed by atoms with Crippen LogP contribution in [0.4, 0.5) is 6.01 Å². The van der Waals surface area contributed by atoms with Crippen LogP contribution in [0.2, 0.25) is 0 Å². The van der Waals surface area contributed by atoms with Crippen LogP contribution in [0.15, 0.2) is 47.1 Å². The van der Waals surface area contributed by atoms with E-state index in [9.17, 15) is 4.79 Å². The summed E-state index contributed by atoms with van der Waals surface area (Å²) in [7, 11) is 1.60. The van der Waals surface area contributed by atoms with Crippen molar-refractivity contribution in [3.8, 4) is 22.9 Å². The van der Waals surface area contributed by atoms with Crippen LogP contribution in [0, 0.1) is 5.92 Å². The van der Waals surface area contributed by atoms with Crippen molar-refractivity contribution in [2.45, 2.75) is 26.3 Å². The highest BCUT2D eigenvalue weighted by atomic mass is 16.5. The SMILES string of the molecule is CCOc1ccc(-c2noc(N3CCC(C(=O)NCc4ccccn4)CC3)n2)cc1OC. The molecule has 4 rings (SSSR count). The number of hydrogen-bond donors (Lipinski definition) is 1. The van der Waals surface area contributed by atoms with Crippen molar-refractivity contribution in [1.82, 2.24) is 20.4 Å². The lowest BCUT2D eigenvalue weighted by molar-refractivity contribution is -0.125. The summed E-state index contributed by atoms with van der Waals surface area (Å²) in [5.74, 6) is 1.80. The van der Waals surface area contributed by atoms with Gasteiger partial charge in [-0.3, -0.25) is 9.78 Å². The molecule has 3 heterocycles. The number of amides is 1. The van der Waals surface area contributed by atoms with E-state index in [0.29, 0.717) is 49.6 Å². The number of nitrogens with one attached hydrogen (secondary N) is 1. The van der Waals surface area contributed by atoms with Crippen molar-refractivity contribution in [1.29, 1.82) is 0 Å². The van der Waals surface area contributed by atoms with Crippen molar-refractivity contribution in [3.63, 3.8) is 0 Å². The van der Waals surface area contributed by atoms with Crippen molar-refractivity contribution < 1.29 is 18.8 Å². The van der Waals surface area contributed by atoms with E-state index in [0.717, 1.165) is 24.1 Å². The van der Waals surface area contributed by atoms with Gasteiger partial charge in [0.2, 0.25) is 11.7 Å². The van der Waals surface area contributed by atoms with E-state index in [4.69, 9.17) is 14.0 Å². The Kier molecular flexibility index (Phi) is 6.84. The second kappa shape index (κ2) is 10.1. The summed E-state index contributed by atoms with van der Waals surface area (Å²) in [5, 5.41) is 7.10. The molecule has 1 saturated heterocycles. The lowest BCUT2D eigenvalue weighted by atomic mass is 9.96. The van der Waals surface area contributed by atoms with Gasteiger partial charge >= 0.3 is 6.01 Å². The standard InChI is InChI=1S/C23H27N5O4/c1-3-31-19-8-7-17(14-20(19)30-2)21-26-23(32-27-21)28-12-9-16(10-13-28)22(29)25-15-18-6-4-5-11-24-18/h4-8,11,14,16H,3,9-10,12-13,15H2,1-2H3,(H,25,29). The summed E-state index contributed by atoms with van der Waals surface area (Å²) in [5.41, 5.74) is 1.63. The van der Waals surface area contributed by atoms with Crippen LogP contribution >= 0.6 is 0 Å². The lowest BCUT2D eigenvalue weighted by Crippen LogP contribution is -2.40. The number of piperidine rings is 1. The molecule has 1 N–H and O–H groups in total. The zero-order valence-electron chi connectivity index (χ0n) is 18.3. The third kappa shape index (κ3) is 4.99. The highest BCUT2D eigenvalue weighted by molar-refractivity contribution is 5.78. The van der Waals surface area contributed by atoms with Crippen molar-refractivity contribution >= 4 is 11.9 Å². The molecule has 0 saturated carbocycles. The van der Waals surface area contributed by atoms with Gasteiger partial charge in [0.05, 0.1) is 26.0 Å². The van der Waals surface area contributed by atoms with Crippen LogP contribution < -0.4 is 19.7 Å². The van der Waals surface area contributed by atoms with Gasteiger partial charge in [0.1, 0.15) is 0 Å². The zero-order chi connectivity index (χ0) is 22.3. The molecule has 9 nitrogen and oxygen atoms in total. The van der Waals surface area contributed by atoms with Gasteiger partial charge in [0.15, 0.2) is 11.5 Å². The Labute approximate surface area is 186 Å². The summed E-state index contributed by atoms with van der Waals surface area (Å²) in [6, 6.07) is 11.7. The molecule has 168 valence electrons. The fourth-order valence-corrected chi connectivity index (χ4v) is 3.70. The van der Waals surface area contributed by atoms with Crippen LogP contribution in [0.3, 0.4) is 0 Å². The van der Waals surface area contributed by atoms with Crippen LogP contribution in [0.1, 0.15) is 25.5 Å². The fraction of sp³-hybridized carbons (Fsp3) is 0.391. The monoisotopic (exact) mass is 437 g/mol. The number of aromatic nitrogens is 3. The Bertz CT molecular complexity index is 1030. The zero-order valence-corrected chi connectivity index (χ0v) is 18.3. The third-order valence-corrected chi connectivity index (χ3v) is 5.44. The molecule has 1 aliphatic rings. The van der Waals surface area contributed by atoms with Gasteiger partial charge in [-0.1, -0.05) is 11.2 Å². The number of pyridine rings is 1. The summed E-state index contributed by atoms with van der Waals surface area (Å²) in [6.45, 7) is 4.27. The van der Waals surface area contributed by atoms with Crippen LogP contribution in [-0.2, 0) is 11.3 Å². The quantitative estimate of drug-likeness (QED) is 0.574. The highest BCUT2D eigenvalue weighted by Gasteiger charge is 2.27. The van der Waals surface area contributed by atoms with E-state index in [-0.39, 0.29) is 11.8 Å². The summed E-state index contributed by atoms with van der Waals surface area (Å²) < 4.78 is 16.5. The molecule has 1 amide bonds. The molecule has 0 unspecified atom stereocenters. The van der Waals surface area contributed by atoms with Crippen LogP contribution in [-0.4, -0.2) is 47.8 Å². The second-order valence-corrected chi connectivity index (χ2v) is 7.50. The van der Waals surface area contributed by atoms with E-state index < -0.39 is 0 Å². The Morgan fingerprint density at radius 3 is 2.78 bits per heavy atom. The maximum absolute atomic E-state index is 12.5. The van der Waals surface area contributed by atoms with E-state index >= 15 is 0 Å². The number of rotatable bonds is 8. The largest absolute Gasteiger partial charge is 0.493 e. The first-order chi connectivity index (χ1) is 15.7. The predicted molar refractivity (Wildman–Crippen MR) is 118 cm³/mol. The Hall–Kier alpha value is -3.62. The maximum atomic E-state index is 12.5. The smallest absolute Gasteiger partial charge is 0.324 e. The first-order valence-corrected chi connectivity index (χ1v) is 10.8. The molecular formula is C23H27N5O4. The molecule has 0 bridgehead atoms. The second-order valence-electron chi connectivity index (χ2n) is 7.50. The Morgan fingerprint density at radius 1 is 1.22 bits per heavy atom. The van der Waals surface area contributed by atoms with Gasteiger partial charge in [0.25, 0.3) is 0 Å². The normalized spacial score (nSPS) is 14.2. The molecule has 0 radical (unpaired) electrons. The first kappa shape index (κ1) is 21.6. The van der Waals surface area contributed by atoms with Crippen molar-refractivity contribution in [2.24, 2.45) is 5.92 Å². The first-order valence-electron chi connectivity index (χ1n) is 10.8. The molecular weight excluding hydrogens is 410 g/mol. The Balaban J connectivity index is 1.33. The third-order valence-electron chi connectivity index (χ3n) is 5.44. The number of carbonyl (C=O) groups excluding carboxylic acids is 1. The number of ether oxygens (including phenoxy) is 2. The average molecular weight is 438 g/mol. The molecule has 0 aliphatic carbocycles. The van der Waals surface area contributed by atoms with E-state index in [1.54, 1.807) is 13.3 Å². The fourth-order valence-electron chi connectivity index (χ4n) is 3.70. The topological polar surface area (TPSA) is 103 Å². The molecule has 3 aromatic rings. The number of benzene rings is 1. The van der Waals surface area contributed by atoms with Crippen molar-refractivity contribution in [2.75, 3.05) is 31.7 Å². The van der Waals surface area contributed by atoms with Gasteiger partial charge in [0, 0.05) is 30.8 Å². The van der Waals surface area contributed by atoms with Gasteiger partial charge in [-0.15, -0.1) is 0 Å². The molecule has 9 heteroatoms. The van der Waals surface area contributed by atoms with Crippen LogP contribution in [0.5, 0.6) is 11.5 Å². The molecule has 0 atom stereocenters. The number of methoxy groups -OCH3 is 1. The van der Waals surface area contributed by atoms with Gasteiger partial charge in [-0.2, -0.15) is 4.98 Å². The van der Waals surface area contributed by atoms with Gasteiger partial charge in [-0.25, -0.2) is 0 Å². The van der Waals surface area contributed by atoms with Gasteiger partial charge < -0.3 is 24.2 Å². The predicted octanol–water partition coefficient (Wildman–Crippen LogP) is 3.07. The molecule has 1 fully saturated rings. The number of carbonyl (C=O) groups is 1. The lowest BCUT2D eigenvalue weighted by Gasteiger charge is -2.29. The Morgan fingerprint density at radius 2 is 2.06 bits per heavy atom. The van der Waals surface area contributed by atoms with E-state index in [1.165, 1.54) is 0 Å². The van der Waals surface area contributed by atoms with Crippen LogP contribution in [0.25, 0.3) is 11.4 Å². The van der Waals surface area contributed by atoms with E-state index in [2.05, 4.69) is 20.4 Å². The highest BCUT2D eigenvalue weighted by Crippen LogP contribution is 2.32. The minimum atomic E-state index is -0.0345. The summed E-state index contributed by atoms with van der Waals surface area (Å²) in [6.07, 6.45) is 3.17. The summed E-state index contributed by atoms with van der Waals surface area (Å²) >= 11 is 0. The molecule has 32 heavy (non-hydrogen) atoms.